The maximum Gasteiger partial charge on any atom is 0.306 e. The van der Waals surface area contributed by atoms with Crippen molar-refractivity contribution in [1.82, 2.24) is 0 Å². The Balaban J connectivity index is 4.00. The number of rotatable bonds is 46. The molecule has 0 bridgehead atoms. The average molecular weight is 807 g/mol. The molecule has 1 unspecified atom stereocenters. The molecule has 0 fully saturated rings. The smallest absolute Gasteiger partial charge is 0.306 e. The van der Waals surface area contributed by atoms with Crippen LogP contribution in [0.2, 0.25) is 0 Å². The Labute approximate surface area is 355 Å². The van der Waals surface area contributed by atoms with E-state index in [1.807, 2.05) is 0 Å². The third-order valence-corrected chi connectivity index (χ3v) is 11.9. The van der Waals surface area contributed by atoms with E-state index in [1.54, 1.807) is 0 Å². The van der Waals surface area contributed by atoms with Gasteiger partial charge in [-0.2, -0.15) is 0 Å². The van der Waals surface area contributed by atoms with Crippen molar-refractivity contribution in [2.24, 2.45) is 5.92 Å². The van der Waals surface area contributed by atoms with Gasteiger partial charge in [0.25, 0.3) is 0 Å². The third-order valence-electron chi connectivity index (χ3n) is 11.9. The molecule has 2 atom stereocenters. The molecule has 0 aromatic carbocycles. The van der Waals surface area contributed by atoms with E-state index in [0.717, 1.165) is 70.1 Å². The number of hydrogen-bond acceptors (Lipinski definition) is 6. The van der Waals surface area contributed by atoms with E-state index in [1.165, 1.54) is 173 Å². The summed E-state index contributed by atoms with van der Waals surface area (Å²) in [7, 11) is 0. The van der Waals surface area contributed by atoms with Gasteiger partial charge in [0.15, 0.2) is 6.10 Å². The SMILES string of the molecule is CCCCCCCCCCCCCCC(=O)OC[C@H](COC(=O)CCCCCCCCCCCCCCCCCCCCC(C)CC)OC(=O)CCCCCCC. The predicted octanol–water partition coefficient (Wildman–Crippen LogP) is 16.3. The van der Waals surface area contributed by atoms with Crippen LogP contribution in [0.25, 0.3) is 0 Å². The summed E-state index contributed by atoms with van der Waals surface area (Å²) in [6.07, 6.45) is 46.9. The number of unbranched alkanes of at least 4 members (excludes halogenated alkanes) is 32. The molecule has 0 heterocycles. The minimum absolute atomic E-state index is 0.0645. The van der Waals surface area contributed by atoms with Crippen LogP contribution in [0.3, 0.4) is 0 Å². The van der Waals surface area contributed by atoms with Crippen molar-refractivity contribution in [3.8, 4) is 0 Å². The molecule has 57 heavy (non-hydrogen) atoms. The summed E-state index contributed by atoms with van der Waals surface area (Å²) < 4.78 is 16.6. The lowest BCUT2D eigenvalue weighted by atomic mass is 9.99. The molecular formula is C51H98O6. The Kier molecular flexibility index (Phi) is 44.2. The number of esters is 3. The second-order valence-electron chi connectivity index (χ2n) is 17.7. The van der Waals surface area contributed by atoms with Crippen molar-refractivity contribution < 1.29 is 28.6 Å². The topological polar surface area (TPSA) is 78.9 Å². The third kappa shape index (κ3) is 43.8. The van der Waals surface area contributed by atoms with Crippen LogP contribution in [0.15, 0.2) is 0 Å². The molecule has 0 saturated carbocycles. The average Bonchev–Trinajstić information content (AvgIpc) is 3.21. The van der Waals surface area contributed by atoms with Crippen molar-refractivity contribution >= 4 is 17.9 Å². The Bertz CT molecular complexity index is 859. The van der Waals surface area contributed by atoms with Crippen molar-refractivity contribution in [1.29, 1.82) is 0 Å². The standard InChI is InChI=1S/C51H98O6/c1-5-8-10-12-13-14-15-25-28-31-35-38-42-49(52)55-45-48(57-51(54)44-40-33-11-9-6-2)46-56-50(53)43-39-36-32-29-26-23-21-19-17-16-18-20-22-24-27-30-34-37-41-47(4)7-3/h47-48H,5-46H2,1-4H3/t47?,48-/m1/s1. The van der Waals surface area contributed by atoms with Crippen LogP contribution in [-0.4, -0.2) is 37.2 Å². The molecule has 0 N–H and O–H groups in total. The fourth-order valence-electron chi connectivity index (χ4n) is 7.66. The molecule has 338 valence electrons. The summed E-state index contributed by atoms with van der Waals surface area (Å²) in [6, 6.07) is 0. The zero-order chi connectivity index (χ0) is 41.7. The van der Waals surface area contributed by atoms with Gasteiger partial charge in [0.05, 0.1) is 0 Å². The van der Waals surface area contributed by atoms with E-state index < -0.39 is 6.10 Å². The molecule has 0 aromatic rings. The highest BCUT2D eigenvalue weighted by Crippen LogP contribution is 2.18. The molecule has 6 heteroatoms. The lowest BCUT2D eigenvalue weighted by molar-refractivity contribution is -0.167. The summed E-state index contributed by atoms with van der Waals surface area (Å²) in [5.41, 5.74) is 0. The van der Waals surface area contributed by atoms with E-state index in [2.05, 4.69) is 27.7 Å². The Morgan fingerprint density at radius 3 is 0.912 bits per heavy atom. The molecule has 0 radical (unpaired) electrons. The van der Waals surface area contributed by atoms with Crippen LogP contribution in [-0.2, 0) is 28.6 Å². The van der Waals surface area contributed by atoms with Crippen LogP contribution in [0.1, 0.15) is 285 Å². The van der Waals surface area contributed by atoms with Gasteiger partial charge in [-0.1, -0.05) is 246 Å². The largest absolute Gasteiger partial charge is 0.462 e. The fraction of sp³-hybridized carbons (Fsp3) is 0.941. The zero-order valence-corrected chi connectivity index (χ0v) is 38.8. The molecule has 6 nitrogen and oxygen atoms in total. The predicted molar refractivity (Wildman–Crippen MR) is 243 cm³/mol. The first-order valence-corrected chi connectivity index (χ1v) is 25.4. The zero-order valence-electron chi connectivity index (χ0n) is 38.8. The van der Waals surface area contributed by atoms with Crippen LogP contribution in [0.5, 0.6) is 0 Å². The summed E-state index contributed by atoms with van der Waals surface area (Å²) in [4.78, 5) is 37.5. The lowest BCUT2D eigenvalue weighted by Gasteiger charge is -2.18. The summed E-state index contributed by atoms with van der Waals surface area (Å²) in [6.45, 7) is 8.99. The van der Waals surface area contributed by atoms with Gasteiger partial charge in [0.2, 0.25) is 0 Å². The molecular weight excluding hydrogens is 709 g/mol. The first-order chi connectivity index (χ1) is 27.9. The second kappa shape index (κ2) is 45.5. The highest BCUT2D eigenvalue weighted by atomic mass is 16.6. The van der Waals surface area contributed by atoms with Crippen molar-refractivity contribution in [2.45, 2.75) is 291 Å². The van der Waals surface area contributed by atoms with Crippen LogP contribution in [0, 0.1) is 5.92 Å². The van der Waals surface area contributed by atoms with Crippen LogP contribution < -0.4 is 0 Å². The Morgan fingerprint density at radius 2 is 0.614 bits per heavy atom. The molecule has 0 aliphatic rings. The first-order valence-electron chi connectivity index (χ1n) is 25.4. The van der Waals surface area contributed by atoms with Gasteiger partial charge >= 0.3 is 17.9 Å². The van der Waals surface area contributed by atoms with Gasteiger partial charge in [0.1, 0.15) is 13.2 Å². The summed E-state index contributed by atoms with van der Waals surface area (Å²) >= 11 is 0. The van der Waals surface area contributed by atoms with Crippen molar-refractivity contribution in [2.75, 3.05) is 13.2 Å². The number of ether oxygens (including phenoxy) is 3. The monoisotopic (exact) mass is 807 g/mol. The van der Waals surface area contributed by atoms with Gasteiger partial charge in [0, 0.05) is 19.3 Å². The van der Waals surface area contributed by atoms with Crippen molar-refractivity contribution in [3.05, 3.63) is 0 Å². The maximum atomic E-state index is 12.5. The van der Waals surface area contributed by atoms with Gasteiger partial charge < -0.3 is 14.2 Å². The minimum Gasteiger partial charge on any atom is -0.462 e. The molecule has 0 amide bonds. The van der Waals surface area contributed by atoms with Gasteiger partial charge in [-0.05, 0) is 25.2 Å². The second-order valence-corrected chi connectivity index (χ2v) is 17.7. The first kappa shape index (κ1) is 55.4. The van der Waals surface area contributed by atoms with Gasteiger partial charge in [-0.3, -0.25) is 14.4 Å². The molecule has 0 spiro atoms. The fourth-order valence-corrected chi connectivity index (χ4v) is 7.66. The van der Waals surface area contributed by atoms with Gasteiger partial charge in [-0.25, -0.2) is 0 Å². The molecule has 0 aromatic heterocycles. The van der Waals surface area contributed by atoms with E-state index in [4.69, 9.17) is 14.2 Å². The van der Waals surface area contributed by atoms with Crippen molar-refractivity contribution in [3.63, 3.8) is 0 Å². The summed E-state index contributed by atoms with van der Waals surface area (Å²) in [5, 5.41) is 0. The van der Waals surface area contributed by atoms with E-state index >= 15 is 0 Å². The van der Waals surface area contributed by atoms with E-state index in [0.29, 0.717) is 19.3 Å². The molecule has 0 aliphatic heterocycles. The van der Waals surface area contributed by atoms with E-state index in [9.17, 15) is 14.4 Å². The van der Waals surface area contributed by atoms with Gasteiger partial charge in [-0.15, -0.1) is 0 Å². The highest BCUT2D eigenvalue weighted by Gasteiger charge is 2.19. The summed E-state index contributed by atoms with van der Waals surface area (Å²) in [5.74, 6) is 0.0473. The molecule has 0 aliphatic carbocycles. The molecule has 0 saturated heterocycles. The van der Waals surface area contributed by atoms with Crippen LogP contribution in [0.4, 0.5) is 0 Å². The maximum absolute atomic E-state index is 12.5. The number of hydrogen-bond donors (Lipinski definition) is 0. The quantitative estimate of drug-likeness (QED) is 0.0346. The Hall–Kier alpha value is -1.59. The molecule has 0 rings (SSSR count). The van der Waals surface area contributed by atoms with E-state index in [-0.39, 0.29) is 31.1 Å². The number of carbonyl (C=O) groups excluding carboxylic acids is 3. The number of carbonyl (C=O) groups is 3. The normalized spacial score (nSPS) is 12.4. The Morgan fingerprint density at radius 1 is 0.351 bits per heavy atom. The lowest BCUT2D eigenvalue weighted by Crippen LogP contribution is -2.30. The van der Waals surface area contributed by atoms with Crippen LogP contribution >= 0.6 is 0 Å². The minimum atomic E-state index is -0.757. The highest BCUT2D eigenvalue weighted by molar-refractivity contribution is 5.71.